The van der Waals surface area contributed by atoms with Crippen molar-refractivity contribution < 1.29 is 41.0 Å². The maximum Gasteiger partial charge on any atom is 0.415 e. The van der Waals surface area contributed by atoms with Crippen LogP contribution in [0.3, 0.4) is 0 Å². The number of aliphatic hydroxyl groups excluding tert-OH is 1. The average molecular weight is 351 g/mol. The number of hydrogen-bond donors (Lipinski definition) is 3. The summed E-state index contributed by atoms with van der Waals surface area (Å²) in [6, 6.07) is -2.74. The molecule has 1 aliphatic rings. The highest BCUT2D eigenvalue weighted by atomic mass is 19.4. The number of rotatable bonds is 4. The van der Waals surface area contributed by atoms with E-state index in [9.17, 15) is 41.0 Å². The predicted molar refractivity (Wildman–Crippen MR) is 64.3 cm³/mol. The van der Waals surface area contributed by atoms with Crippen molar-refractivity contribution >= 4 is 11.9 Å². The molecule has 6 nitrogen and oxygen atoms in total. The van der Waals surface area contributed by atoms with Gasteiger partial charge in [-0.25, -0.2) is 4.79 Å². The number of carbonyl (C=O) groups is 2. The van der Waals surface area contributed by atoms with Crippen LogP contribution < -0.4 is 10.6 Å². The van der Waals surface area contributed by atoms with Crippen LogP contribution in [-0.4, -0.2) is 66.1 Å². The summed E-state index contributed by atoms with van der Waals surface area (Å²) in [7, 11) is 0. The Kier molecular flexibility index (Phi) is 6.22. The molecule has 23 heavy (non-hydrogen) atoms. The van der Waals surface area contributed by atoms with E-state index in [0.717, 1.165) is 4.90 Å². The van der Waals surface area contributed by atoms with Gasteiger partial charge >= 0.3 is 18.4 Å². The molecular formula is C11H15F6N3O3. The van der Waals surface area contributed by atoms with Crippen molar-refractivity contribution in [3.05, 3.63) is 0 Å². The molecule has 0 aromatic rings. The van der Waals surface area contributed by atoms with Crippen molar-refractivity contribution in [3.63, 3.8) is 0 Å². The molecule has 1 fully saturated rings. The third kappa shape index (κ3) is 6.60. The second-order valence-corrected chi connectivity index (χ2v) is 5.01. The summed E-state index contributed by atoms with van der Waals surface area (Å²) in [6.45, 7) is -2.20. The number of imide groups is 1. The van der Waals surface area contributed by atoms with Gasteiger partial charge in [0.25, 0.3) is 0 Å². The molecule has 1 heterocycles. The minimum absolute atomic E-state index is 0.00816. The summed E-state index contributed by atoms with van der Waals surface area (Å²) in [5.74, 6) is -1.06. The third-order valence-electron chi connectivity index (χ3n) is 3.16. The normalized spacial score (nSPS) is 21.1. The van der Waals surface area contributed by atoms with E-state index in [2.05, 4.69) is 0 Å². The lowest BCUT2D eigenvalue weighted by Crippen LogP contribution is -2.51. The van der Waals surface area contributed by atoms with Crippen LogP contribution in [0.4, 0.5) is 31.1 Å². The molecule has 0 spiro atoms. The predicted octanol–water partition coefficient (Wildman–Crippen LogP) is 0.762. The number of amides is 3. The van der Waals surface area contributed by atoms with E-state index in [1.165, 1.54) is 5.32 Å². The van der Waals surface area contributed by atoms with Gasteiger partial charge in [-0.2, -0.15) is 26.3 Å². The number of alkyl halides is 6. The van der Waals surface area contributed by atoms with E-state index in [0.29, 0.717) is 6.42 Å². The smallest absolute Gasteiger partial charge is 0.382 e. The molecule has 0 aromatic heterocycles. The Labute approximate surface area is 126 Å². The van der Waals surface area contributed by atoms with E-state index in [4.69, 9.17) is 0 Å². The zero-order chi connectivity index (χ0) is 17.8. The Morgan fingerprint density at radius 2 is 1.83 bits per heavy atom. The number of nitrogens with zero attached hydrogens (tertiary/aromatic N) is 1. The maximum atomic E-state index is 12.5. The third-order valence-corrected chi connectivity index (χ3v) is 3.16. The lowest BCUT2D eigenvalue weighted by molar-refractivity contribution is -0.219. The van der Waals surface area contributed by atoms with E-state index in [-0.39, 0.29) is 13.0 Å². The Hall–Kier alpha value is -1.56. The number of halogens is 6. The van der Waals surface area contributed by atoms with Crippen molar-refractivity contribution in [3.8, 4) is 0 Å². The first-order valence-corrected chi connectivity index (χ1v) is 6.53. The van der Waals surface area contributed by atoms with Crippen molar-refractivity contribution in [1.82, 2.24) is 15.5 Å². The summed E-state index contributed by atoms with van der Waals surface area (Å²) < 4.78 is 73.0. The minimum Gasteiger partial charge on any atom is -0.382 e. The molecule has 0 unspecified atom stereocenters. The topological polar surface area (TPSA) is 81.7 Å². The Morgan fingerprint density at radius 1 is 1.22 bits per heavy atom. The van der Waals surface area contributed by atoms with Gasteiger partial charge in [0.2, 0.25) is 5.91 Å². The number of carbonyl (C=O) groups excluding carboxylic acids is 2. The van der Waals surface area contributed by atoms with Gasteiger partial charge in [0.05, 0.1) is 6.54 Å². The molecule has 3 amide bonds. The quantitative estimate of drug-likeness (QED) is 0.654. The number of urea groups is 1. The van der Waals surface area contributed by atoms with Crippen molar-refractivity contribution in [2.24, 2.45) is 0 Å². The maximum absolute atomic E-state index is 12.5. The molecule has 12 heteroatoms. The monoisotopic (exact) mass is 351 g/mol. The molecule has 2 atom stereocenters. The molecular weight excluding hydrogens is 336 g/mol. The number of aliphatic hydroxyl groups is 1. The highest BCUT2D eigenvalue weighted by Gasteiger charge is 2.47. The fourth-order valence-electron chi connectivity index (χ4n) is 2.20. The second kappa shape index (κ2) is 7.34. The van der Waals surface area contributed by atoms with Gasteiger partial charge in [0.15, 0.2) is 6.10 Å². The summed E-state index contributed by atoms with van der Waals surface area (Å²) in [5, 5.41) is 12.2. The van der Waals surface area contributed by atoms with Gasteiger partial charge < -0.3 is 10.4 Å². The van der Waals surface area contributed by atoms with Gasteiger partial charge in [-0.15, -0.1) is 0 Å². The van der Waals surface area contributed by atoms with Crippen LogP contribution in [0.1, 0.15) is 12.8 Å². The molecule has 1 saturated heterocycles. The molecule has 0 saturated carbocycles. The highest BCUT2D eigenvalue weighted by molar-refractivity contribution is 5.95. The van der Waals surface area contributed by atoms with E-state index >= 15 is 0 Å². The molecule has 1 aliphatic heterocycles. The standard InChI is InChI=1S/C11H15F6N3O3/c12-10(13,14)5-18-9(23)19-7(21)4-20-3-1-2-6(20)8(22)11(15,16)17/h6,8,22H,1-5H2,(H2,18,19,21,23)/t6-,8+/m0/s1. The van der Waals surface area contributed by atoms with Crippen LogP contribution in [0.15, 0.2) is 0 Å². The molecule has 0 radical (unpaired) electrons. The van der Waals surface area contributed by atoms with Gasteiger partial charge in [0.1, 0.15) is 6.54 Å². The van der Waals surface area contributed by atoms with Gasteiger partial charge in [0, 0.05) is 6.04 Å². The molecule has 0 aliphatic carbocycles. The molecule has 0 bridgehead atoms. The second-order valence-electron chi connectivity index (χ2n) is 5.01. The van der Waals surface area contributed by atoms with Crippen LogP contribution in [0, 0.1) is 0 Å². The van der Waals surface area contributed by atoms with Crippen LogP contribution in [0.2, 0.25) is 0 Å². The number of nitrogens with one attached hydrogen (secondary N) is 2. The van der Waals surface area contributed by atoms with Gasteiger partial charge in [-0.3, -0.25) is 15.0 Å². The molecule has 134 valence electrons. The van der Waals surface area contributed by atoms with Gasteiger partial charge in [-0.1, -0.05) is 0 Å². The highest BCUT2D eigenvalue weighted by Crippen LogP contribution is 2.30. The first kappa shape index (κ1) is 19.5. The van der Waals surface area contributed by atoms with Crippen LogP contribution in [-0.2, 0) is 4.79 Å². The summed E-state index contributed by atoms with van der Waals surface area (Å²) in [6.07, 6.45) is -11.8. The minimum atomic E-state index is -4.85. The zero-order valence-corrected chi connectivity index (χ0v) is 11.7. The number of likely N-dealkylation sites (tertiary alicyclic amines) is 1. The van der Waals surface area contributed by atoms with Gasteiger partial charge in [-0.05, 0) is 19.4 Å². The van der Waals surface area contributed by atoms with E-state index < -0.39 is 49.5 Å². The zero-order valence-electron chi connectivity index (χ0n) is 11.7. The first-order valence-electron chi connectivity index (χ1n) is 6.53. The van der Waals surface area contributed by atoms with Crippen molar-refractivity contribution in [1.29, 1.82) is 0 Å². The summed E-state index contributed by atoms with van der Waals surface area (Å²) >= 11 is 0. The van der Waals surface area contributed by atoms with Crippen LogP contribution >= 0.6 is 0 Å². The SMILES string of the molecule is O=C(CN1CCC[C@H]1[C@@H](O)C(F)(F)F)NC(=O)NCC(F)(F)F. The first-order chi connectivity index (χ1) is 10.4. The molecule has 1 rings (SSSR count). The fraction of sp³-hybridized carbons (Fsp3) is 0.818. The Morgan fingerprint density at radius 3 is 2.35 bits per heavy atom. The van der Waals surface area contributed by atoms with Crippen molar-refractivity contribution in [2.45, 2.75) is 37.3 Å². The van der Waals surface area contributed by atoms with Crippen LogP contribution in [0.5, 0.6) is 0 Å². The summed E-state index contributed by atoms with van der Waals surface area (Å²) in [5.41, 5.74) is 0. The summed E-state index contributed by atoms with van der Waals surface area (Å²) in [4.78, 5) is 23.6. The van der Waals surface area contributed by atoms with Crippen LogP contribution in [0.25, 0.3) is 0 Å². The largest absolute Gasteiger partial charge is 0.415 e. The average Bonchev–Trinajstić information content (AvgIpc) is 2.81. The van der Waals surface area contributed by atoms with E-state index in [1.54, 1.807) is 5.32 Å². The fourth-order valence-corrected chi connectivity index (χ4v) is 2.20. The Balaban J connectivity index is 2.48. The van der Waals surface area contributed by atoms with Crippen molar-refractivity contribution in [2.75, 3.05) is 19.6 Å². The lowest BCUT2D eigenvalue weighted by Gasteiger charge is -2.29. The lowest BCUT2D eigenvalue weighted by atomic mass is 10.1. The Bertz CT molecular complexity index is 440. The molecule has 3 N–H and O–H groups in total. The molecule has 0 aromatic carbocycles. The van der Waals surface area contributed by atoms with E-state index in [1.807, 2.05) is 0 Å². The number of hydrogen-bond acceptors (Lipinski definition) is 4.